The predicted octanol–water partition coefficient (Wildman–Crippen LogP) is 4.04. The number of nitrogens with zero attached hydrogens (tertiary/aromatic N) is 1. The van der Waals surface area contributed by atoms with Gasteiger partial charge in [0.2, 0.25) is 0 Å². The Kier molecular flexibility index (Phi) is 7.71. The molecular weight excluding hydrogens is 436 g/mol. The van der Waals surface area contributed by atoms with E-state index in [1.807, 2.05) is 0 Å². The molecule has 3 amide bonds. The molecule has 1 N–H and O–H groups in total. The van der Waals surface area contributed by atoms with E-state index in [0.717, 1.165) is 0 Å². The summed E-state index contributed by atoms with van der Waals surface area (Å²) in [6.45, 7) is 7.50. The molecule has 1 unspecified atom stereocenters. The third kappa shape index (κ3) is 6.01. The van der Waals surface area contributed by atoms with Crippen LogP contribution < -0.4 is 5.32 Å². The number of esters is 1. The first kappa shape index (κ1) is 25.0. The van der Waals surface area contributed by atoms with Gasteiger partial charge in [-0.1, -0.05) is 36.4 Å². The first-order chi connectivity index (χ1) is 16.1. The van der Waals surface area contributed by atoms with E-state index in [1.54, 1.807) is 76.2 Å². The van der Waals surface area contributed by atoms with E-state index in [9.17, 15) is 19.2 Å². The molecule has 1 aliphatic heterocycles. The van der Waals surface area contributed by atoms with E-state index < -0.39 is 29.6 Å². The minimum atomic E-state index is -0.649. The molecule has 0 bridgehead atoms. The molecule has 8 heteroatoms. The number of carbonyl (C=O) groups excluding carboxylic acids is 4. The van der Waals surface area contributed by atoms with Crippen LogP contribution in [0.4, 0.5) is 4.79 Å². The van der Waals surface area contributed by atoms with Crippen molar-refractivity contribution in [1.29, 1.82) is 0 Å². The van der Waals surface area contributed by atoms with Gasteiger partial charge < -0.3 is 14.8 Å². The van der Waals surface area contributed by atoms with Gasteiger partial charge in [-0.05, 0) is 57.4 Å². The van der Waals surface area contributed by atoms with Crippen molar-refractivity contribution in [2.45, 2.75) is 52.2 Å². The Balaban J connectivity index is 1.86. The number of amides is 3. The van der Waals surface area contributed by atoms with Crippen molar-refractivity contribution in [2.75, 3.05) is 13.2 Å². The lowest BCUT2D eigenvalue weighted by Crippen LogP contribution is -2.38. The average molecular weight is 467 g/mol. The van der Waals surface area contributed by atoms with Crippen LogP contribution in [0.2, 0.25) is 0 Å². The van der Waals surface area contributed by atoms with Crippen molar-refractivity contribution < 1.29 is 28.7 Å². The highest BCUT2D eigenvalue weighted by atomic mass is 16.6. The van der Waals surface area contributed by atoms with Gasteiger partial charge in [0.1, 0.15) is 5.60 Å². The van der Waals surface area contributed by atoms with Gasteiger partial charge in [0.25, 0.3) is 11.8 Å². The van der Waals surface area contributed by atoms with Crippen LogP contribution in [0.25, 0.3) is 0 Å². The Morgan fingerprint density at radius 2 is 1.65 bits per heavy atom. The summed E-state index contributed by atoms with van der Waals surface area (Å²) in [4.78, 5) is 51.6. The van der Waals surface area contributed by atoms with E-state index in [1.165, 1.54) is 4.90 Å². The summed E-state index contributed by atoms with van der Waals surface area (Å²) in [6, 6.07) is 13.2. The minimum Gasteiger partial charge on any atom is -0.466 e. The summed E-state index contributed by atoms with van der Waals surface area (Å²) >= 11 is 0. The Bertz CT molecular complexity index is 1050. The Morgan fingerprint density at radius 1 is 1.00 bits per heavy atom. The second-order valence-electron chi connectivity index (χ2n) is 8.99. The molecule has 0 radical (unpaired) electrons. The van der Waals surface area contributed by atoms with Crippen LogP contribution >= 0.6 is 0 Å². The number of ether oxygens (including phenoxy) is 2. The van der Waals surface area contributed by atoms with Gasteiger partial charge in [0.05, 0.1) is 30.2 Å². The maximum Gasteiger partial charge on any atom is 0.407 e. The first-order valence-corrected chi connectivity index (χ1v) is 11.3. The zero-order valence-electron chi connectivity index (χ0n) is 19.9. The number of benzene rings is 2. The summed E-state index contributed by atoms with van der Waals surface area (Å²) in [5, 5.41) is 2.69. The zero-order valence-corrected chi connectivity index (χ0v) is 19.9. The molecule has 1 heterocycles. The quantitative estimate of drug-likeness (QED) is 0.465. The van der Waals surface area contributed by atoms with Crippen molar-refractivity contribution in [3.05, 3.63) is 70.8 Å². The molecule has 34 heavy (non-hydrogen) atoms. The van der Waals surface area contributed by atoms with Gasteiger partial charge in [0, 0.05) is 6.54 Å². The van der Waals surface area contributed by atoms with Crippen LogP contribution in [0.15, 0.2) is 48.5 Å². The summed E-state index contributed by atoms with van der Waals surface area (Å²) in [5.74, 6) is -1.14. The molecular formula is C26H30N2O6. The van der Waals surface area contributed by atoms with E-state index in [4.69, 9.17) is 9.47 Å². The molecule has 2 aromatic carbocycles. The Morgan fingerprint density at radius 3 is 2.24 bits per heavy atom. The zero-order chi connectivity index (χ0) is 24.9. The number of alkyl carbamates (subject to hydrolysis) is 1. The summed E-state index contributed by atoms with van der Waals surface area (Å²) in [5.41, 5.74) is 1.44. The Labute approximate surface area is 199 Å². The SMILES string of the molecule is CCOC(=O)Cc1cccc(C(CCNC(=O)OC(C)(C)C)N2C(=O)c3ccccc3C2=O)c1. The third-order valence-electron chi connectivity index (χ3n) is 5.21. The molecule has 0 aliphatic carbocycles. The number of imide groups is 1. The second kappa shape index (κ2) is 10.5. The number of hydrogen-bond donors (Lipinski definition) is 1. The number of nitrogens with one attached hydrogen (secondary N) is 1. The van der Waals surface area contributed by atoms with Crippen LogP contribution in [-0.4, -0.2) is 47.5 Å². The maximum absolute atomic E-state index is 13.2. The van der Waals surface area contributed by atoms with E-state index in [0.29, 0.717) is 22.3 Å². The van der Waals surface area contributed by atoms with Crippen molar-refractivity contribution in [2.24, 2.45) is 0 Å². The van der Waals surface area contributed by atoms with Gasteiger partial charge in [0.15, 0.2) is 0 Å². The molecule has 8 nitrogen and oxygen atoms in total. The lowest BCUT2D eigenvalue weighted by atomic mass is 9.98. The number of fused-ring (bicyclic) bond motifs is 1. The number of rotatable bonds is 8. The van der Waals surface area contributed by atoms with Gasteiger partial charge in [-0.15, -0.1) is 0 Å². The minimum absolute atomic E-state index is 0.0761. The highest BCUT2D eigenvalue weighted by Crippen LogP contribution is 2.33. The first-order valence-electron chi connectivity index (χ1n) is 11.3. The van der Waals surface area contributed by atoms with Crippen LogP contribution in [-0.2, 0) is 20.7 Å². The van der Waals surface area contributed by atoms with E-state index in [2.05, 4.69) is 5.32 Å². The third-order valence-corrected chi connectivity index (χ3v) is 5.21. The predicted molar refractivity (Wildman–Crippen MR) is 125 cm³/mol. The van der Waals surface area contributed by atoms with Gasteiger partial charge in [-0.25, -0.2) is 4.79 Å². The summed E-state index contributed by atoms with van der Waals surface area (Å²) in [6.07, 6.45) is -0.232. The molecule has 3 rings (SSSR count). The molecule has 0 aromatic heterocycles. The number of carbonyl (C=O) groups is 4. The molecule has 1 aliphatic rings. The van der Waals surface area contributed by atoms with Gasteiger partial charge >= 0.3 is 12.1 Å². The lowest BCUT2D eigenvalue weighted by molar-refractivity contribution is -0.142. The maximum atomic E-state index is 13.2. The van der Waals surface area contributed by atoms with Crippen LogP contribution in [0.3, 0.4) is 0 Å². The van der Waals surface area contributed by atoms with Gasteiger partial charge in [-0.2, -0.15) is 0 Å². The molecule has 0 spiro atoms. The highest BCUT2D eigenvalue weighted by molar-refractivity contribution is 6.21. The molecule has 0 fully saturated rings. The van der Waals surface area contributed by atoms with Crippen LogP contribution in [0.5, 0.6) is 0 Å². The van der Waals surface area contributed by atoms with Crippen molar-refractivity contribution in [3.8, 4) is 0 Å². The van der Waals surface area contributed by atoms with Gasteiger partial charge in [-0.3, -0.25) is 19.3 Å². The largest absolute Gasteiger partial charge is 0.466 e. The van der Waals surface area contributed by atoms with Crippen LogP contribution in [0.1, 0.15) is 72.0 Å². The van der Waals surface area contributed by atoms with Crippen molar-refractivity contribution in [1.82, 2.24) is 10.2 Å². The fraction of sp³-hybridized carbons (Fsp3) is 0.385. The van der Waals surface area contributed by atoms with Crippen molar-refractivity contribution >= 4 is 23.9 Å². The standard InChI is InChI=1S/C26H30N2O6/c1-5-33-22(29)16-17-9-8-10-18(15-17)21(13-14-27-25(32)34-26(2,3)4)28-23(30)19-11-6-7-12-20(19)24(28)31/h6-12,15,21H,5,13-14,16H2,1-4H3,(H,27,32). The summed E-state index contributed by atoms with van der Waals surface area (Å²) in [7, 11) is 0. The molecule has 0 saturated heterocycles. The molecule has 180 valence electrons. The highest BCUT2D eigenvalue weighted by Gasteiger charge is 2.40. The Hall–Kier alpha value is -3.68. The smallest absolute Gasteiger partial charge is 0.407 e. The molecule has 0 saturated carbocycles. The second-order valence-corrected chi connectivity index (χ2v) is 8.99. The van der Waals surface area contributed by atoms with E-state index >= 15 is 0 Å². The normalized spacial score (nSPS) is 13.9. The monoisotopic (exact) mass is 466 g/mol. The summed E-state index contributed by atoms with van der Waals surface area (Å²) < 4.78 is 10.3. The molecule has 2 aromatic rings. The number of hydrogen-bond acceptors (Lipinski definition) is 6. The fourth-order valence-electron chi connectivity index (χ4n) is 3.85. The average Bonchev–Trinajstić information content (AvgIpc) is 3.01. The topological polar surface area (TPSA) is 102 Å². The van der Waals surface area contributed by atoms with E-state index in [-0.39, 0.29) is 32.0 Å². The fourth-order valence-corrected chi connectivity index (χ4v) is 3.85. The molecule has 1 atom stereocenters. The van der Waals surface area contributed by atoms with Crippen LogP contribution in [0, 0.1) is 0 Å². The van der Waals surface area contributed by atoms with Crippen molar-refractivity contribution in [3.63, 3.8) is 0 Å². The lowest BCUT2D eigenvalue weighted by Gasteiger charge is -2.27.